The highest BCUT2D eigenvalue weighted by Gasteiger charge is 2.27. The molecule has 1 fully saturated rings. The SMILES string of the molecule is COC(=O)c1cc(OC)c2ccnc(C3CC3)c2c1. The third-order valence-electron chi connectivity index (χ3n) is 3.48. The van der Waals surface area contributed by atoms with Gasteiger partial charge >= 0.3 is 5.97 Å². The van der Waals surface area contributed by atoms with Crippen molar-refractivity contribution in [2.24, 2.45) is 0 Å². The lowest BCUT2D eigenvalue weighted by Gasteiger charge is -2.10. The van der Waals surface area contributed by atoms with E-state index >= 15 is 0 Å². The fourth-order valence-electron chi connectivity index (χ4n) is 2.36. The molecule has 3 rings (SSSR count). The first kappa shape index (κ1) is 12.0. The van der Waals surface area contributed by atoms with Gasteiger partial charge in [-0.25, -0.2) is 4.79 Å². The van der Waals surface area contributed by atoms with Gasteiger partial charge in [0, 0.05) is 22.9 Å². The molecule has 19 heavy (non-hydrogen) atoms. The number of methoxy groups -OCH3 is 2. The van der Waals surface area contributed by atoms with Gasteiger partial charge in [0.25, 0.3) is 0 Å². The highest BCUT2D eigenvalue weighted by Crippen LogP contribution is 2.43. The molecule has 0 aliphatic heterocycles. The van der Waals surface area contributed by atoms with Gasteiger partial charge in [0.05, 0.1) is 25.5 Å². The van der Waals surface area contributed by atoms with Crippen molar-refractivity contribution in [3.05, 3.63) is 35.7 Å². The molecule has 1 heterocycles. The van der Waals surface area contributed by atoms with Gasteiger partial charge in [0.15, 0.2) is 0 Å². The number of hydrogen-bond acceptors (Lipinski definition) is 4. The number of esters is 1. The Morgan fingerprint density at radius 1 is 1.26 bits per heavy atom. The van der Waals surface area contributed by atoms with Crippen LogP contribution in [0.15, 0.2) is 24.4 Å². The molecular formula is C15H15NO3. The third kappa shape index (κ3) is 2.03. The molecule has 0 amide bonds. The zero-order valence-electron chi connectivity index (χ0n) is 11.0. The van der Waals surface area contributed by atoms with E-state index in [2.05, 4.69) is 4.98 Å². The smallest absolute Gasteiger partial charge is 0.338 e. The quantitative estimate of drug-likeness (QED) is 0.793. The largest absolute Gasteiger partial charge is 0.496 e. The van der Waals surface area contributed by atoms with Crippen LogP contribution in [0.2, 0.25) is 0 Å². The summed E-state index contributed by atoms with van der Waals surface area (Å²) >= 11 is 0. The van der Waals surface area contributed by atoms with Crippen LogP contribution in [0.1, 0.15) is 34.8 Å². The van der Waals surface area contributed by atoms with Crippen LogP contribution in [0.3, 0.4) is 0 Å². The number of ether oxygens (including phenoxy) is 2. The second-order valence-corrected chi connectivity index (χ2v) is 4.74. The second-order valence-electron chi connectivity index (χ2n) is 4.74. The fraction of sp³-hybridized carbons (Fsp3) is 0.333. The number of aromatic nitrogens is 1. The minimum Gasteiger partial charge on any atom is -0.496 e. The van der Waals surface area contributed by atoms with Gasteiger partial charge in [-0.05, 0) is 31.0 Å². The van der Waals surface area contributed by atoms with Gasteiger partial charge in [-0.15, -0.1) is 0 Å². The van der Waals surface area contributed by atoms with Gasteiger partial charge < -0.3 is 9.47 Å². The van der Waals surface area contributed by atoms with Gasteiger partial charge in [0.1, 0.15) is 5.75 Å². The van der Waals surface area contributed by atoms with E-state index in [-0.39, 0.29) is 5.97 Å². The van der Waals surface area contributed by atoms with E-state index in [0.29, 0.717) is 17.2 Å². The summed E-state index contributed by atoms with van der Waals surface area (Å²) in [4.78, 5) is 16.2. The predicted molar refractivity (Wildman–Crippen MR) is 71.6 cm³/mol. The lowest BCUT2D eigenvalue weighted by atomic mass is 10.0. The Hall–Kier alpha value is -2.10. The molecule has 1 aliphatic rings. The summed E-state index contributed by atoms with van der Waals surface area (Å²) in [5, 5.41) is 1.98. The van der Waals surface area contributed by atoms with E-state index in [4.69, 9.17) is 9.47 Å². The number of fused-ring (bicyclic) bond motifs is 1. The molecule has 1 aromatic heterocycles. The summed E-state index contributed by atoms with van der Waals surface area (Å²) in [5.41, 5.74) is 1.56. The van der Waals surface area contributed by atoms with Crippen LogP contribution >= 0.6 is 0 Å². The standard InChI is InChI=1S/C15H15NO3/c1-18-13-8-10(15(17)19-2)7-12-11(13)5-6-16-14(12)9-3-4-9/h5-9H,3-4H2,1-2H3. The van der Waals surface area contributed by atoms with E-state index in [9.17, 15) is 4.79 Å². The topological polar surface area (TPSA) is 48.4 Å². The average Bonchev–Trinajstić information content (AvgIpc) is 3.29. The van der Waals surface area contributed by atoms with E-state index in [1.54, 1.807) is 19.4 Å². The number of benzene rings is 1. The first-order valence-corrected chi connectivity index (χ1v) is 6.29. The number of carbonyl (C=O) groups excluding carboxylic acids is 1. The number of rotatable bonds is 3. The molecule has 0 bridgehead atoms. The monoisotopic (exact) mass is 257 g/mol. The van der Waals surface area contributed by atoms with E-state index in [0.717, 1.165) is 29.3 Å². The minimum absolute atomic E-state index is 0.356. The molecule has 4 heteroatoms. The minimum atomic E-state index is -0.356. The van der Waals surface area contributed by atoms with Gasteiger partial charge in [0.2, 0.25) is 0 Å². The molecule has 0 atom stereocenters. The first-order chi connectivity index (χ1) is 9.24. The molecule has 0 unspecified atom stereocenters. The van der Waals surface area contributed by atoms with Crippen molar-refractivity contribution in [1.82, 2.24) is 4.98 Å². The van der Waals surface area contributed by atoms with Gasteiger partial charge in [-0.3, -0.25) is 4.98 Å². The molecule has 0 spiro atoms. The van der Waals surface area contributed by atoms with Gasteiger partial charge in [-0.2, -0.15) is 0 Å². The molecule has 0 saturated heterocycles. The average molecular weight is 257 g/mol. The van der Waals surface area contributed by atoms with Crippen molar-refractivity contribution >= 4 is 16.7 Å². The Balaban J connectivity index is 2.27. The maximum absolute atomic E-state index is 11.7. The summed E-state index contributed by atoms with van der Waals surface area (Å²) in [6.45, 7) is 0. The molecule has 0 radical (unpaired) electrons. The first-order valence-electron chi connectivity index (χ1n) is 6.29. The van der Waals surface area contributed by atoms with Crippen molar-refractivity contribution in [2.45, 2.75) is 18.8 Å². The molecule has 2 aromatic rings. The normalized spacial score (nSPS) is 14.4. The van der Waals surface area contributed by atoms with E-state index < -0.39 is 0 Å². The number of carbonyl (C=O) groups is 1. The lowest BCUT2D eigenvalue weighted by molar-refractivity contribution is 0.0600. The second kappa shape index (κ2) is 4.53. The van der Waals surface area contributed by atoms with Crippen molar-refractivity contribution in [1.29, 1.82) is 0 Å². The zero-order valence-corrected chi connectivity index (χ0v) is 11.0. The molecular weight excluding hydrogens is 242 g/mol. The summed E-state index contributed by atoms with van der Waals surface area (Å²) in [5.74, 6) is 0.842. The Bertz CT molecular complexity index is 647. The molecule has 4 nitrogen and oxygen atoms in total. The van der Waals surface area contributed by atoms with Crippen LogP contribution in [0, 0.1) is 0 Å². The Labute approximate surface area is 111 Å². The van der Waals surface area contributed by atoms with Crippen LogP contribution < -0.4 is 4.74 Å². The molecule has 1 aliphatic carbocycles. The fourth-order valence-corrected chi connectivity index (χ4v) is 2.36. The molecule has 98 valence electrons. The summed E-state index contributed by atoms with van der Waals surface area (Å²) < 4.78 is 10.2. The highest BCUT2D eigenvalue weighted by molar-refractivity contribution is 5.99. The number of hydrogen-bond donors (Lipinski definition) is 0. The van der Waals surface area contributed by atoms with E-state index in [1.165, 1.54) is 7.11 Å². The van der Waals surface area contributed by atoms with Crippen LogP contribution in [0.25, 0.3) is 10.8 Å². The summed E-state index contributed by atoms with van der Waals surface area (Å²) in [6, 6.07) is 5.48. The van der Waals surface area contributed by atoms with Gasteiger partial charge in [-0.1, -0.05) is 0 Å². The Morgan fingerprint density at radius 2 is 2.05 bits per heavy atom. The third-order valence-corrected chi connectivity index (χ3v) is 3.48. The van der Waals surface area contributed by atoms with Crippen molar-refractivity contribution in [2.75, 3.05) is 14.2 Å². The predicted octanol–water partition coefficient (Wildman–Crippen LogP) is 2.91. The highest BCUT2D eigenvalue weighted by atomic mass is 16.5. The lowest BCUT2D eigenvalue weighted by Crippen LogP contribution is -2.03. The van der Waals surface area contributed by atoms with Crippen LogP contribution in [0.4, 0.5) is 0 Å². The maximum Gasteiger partial charge on any atom is 0.338 e. The molecule has 1 saturated carbocycles. The maximum atomic E-state index is 11.7. The summed E-state index contributed by atoms with van der Waals surface area (Å²) in [7, 11) is 2.98. The van der Waals surface area contributed by atoms with Crippen molar-refractivity contribution in [3.8, 4) is 5.75 Å². The van der Waals surface area contributed by atoms with Crippen LogP contribution in [-0.2, 0) is 4.74 Å². The van der Waals surface area contributed by atoms with Crippen LogP contribution in [0.5, 0.6) is 5.75 Å². The van der Waals surface area contributed by atoms with Crippen molar-refractivity contribution in [3.63, 3.8) is 0 Å². The zero-order chi connectivity index (χ0) is 13.4. The van der Waals surface area contributed by atoms with E-state index in [1.807, 2.05) is 12.1 Å². The Morgan fingerprint density at radius 3 is 2.68 bits per heavy atom. The number of nitrogens with zero attached hydrogens (tertiary/aromatic N) is 1. The van der Waals surface area contributed by atoms with Crippen molar-refractivity contribution < 1.29 is 14.3 Å². The van der Waals surface area contributed by atoms with Crippen LogP contribution in [-0.4, -0.2) is 25.2 Å². The number of pyridine rings is 1. The Kier molecular flexibility index (Phi) is 2.85. The summed E-state index contributed by atoms with van der Waals surface area (Å²) in [6.07, 6.45) is 4.13. The molecule has 0 N–H and O–H groups in total. The molecule has 1 aromatic carbocycles.